The molecule has 0 atom stereocenters. The topological polar surface area (TPSA) is 49.0 Å². The van der Waals surface area contributed by atoms with Crippen LogP contribution in [-0.4, -0.2) is 78.5 Å². The minimum absolute atomic E-state index is 0.611. The average molecular weight is 281 g/mol. The van der Waals surface area contributed by atoms with E-state index in [1.807, 2.05) is 7.05 Å². The SMILES string of the molecule is CNCCOCCOCCOCCOCCSC. The van der Waals surface area contributed by atoms with Gasteiger partial charge in [0.1, 0.15) is 0 Å². The van der Waals surface area contributed by atoms with Gasteiger partial charge >= 0.3 is 0 Å². The molecule has 0 bridgehead atoms. The van der Waals surface area contributed by atoms with Gasteiger partial charge in [-0.2, -0.15) is 11.8 Å². The number of ether oxygens (including phenoxy) is 4. The van der Waals surface area contributed by atoms with Crippen molar-refractivity contribution in [1.82, 2.24) is 5.32 Å². The maximum absolute atomic E-state index is 5.35. The van der Waals surface area contributed by atoms with Crippen molar-refractivity contribution in [2.24, 2.45) is 0 Å². The molecule has 18 heavy (non-hydrogen) atoms. The van der Waals surface area contributed by atoms with Gasteiger partial charge in [0.25, 0.3) is 0 Å². The molecule has 0 spiro atoms. The fraction of sp³-hybridized carbons (Fsp3) is 1.00. The fourth-order valence-corrected chi connectivity index (χ4v) is 1.36. The second kappa shape index (κ2) is 17.2. The predicted octanol–water partition coefficient (Wildman–Crippen LogP) is 0.635. The largest absolute Gasteiger partial charge is 0.378 e. The Morgan fingerprint density at radius 3 is 1.61 bits per heavy atom. The van der Waals surface area contributed by atoms with Crippen molar-refractivity contribution in [1.29, 1.82) is 0 Å². The third-order valence-electron chi connectivity index (χ3n) is 2.04. The Bertz CT molecular complexity index is 136. The monoisotopic (exact) mass is 281 g/mol. The summed E-state index contributed by atoms with van der Waals surface area (Å²) in [5, 5.41) is 3.01. The minimum atomic E-state index is 0.611. The van der Waals surface area contributed by atoms with Crippen LogP contribution in [0.5, 0.6) is 0 Å². The Morgan fingerprint density at radius 2 is 1.17 bits per heavy atom. The van der Waals surface area contributed by atoms with Crippen molar-refractivity contribution >= 4 is 11.8 Å². The molecule has 5 nitrogen and oxygen atoms in total. The molecule has 0 unspecified atom stereocenters. The first-order valence-corrected chi connectivity index (χ1v) is 7.75. The van der Waals surface area contributed by atoms with Crippen LogP contribution in [0.15, 0.2) is 0 Å². The molecule has 0 amide bonds. The van der Waals surface area contributed by atoms with E-state index in [1.54, 1.807) is 11.8 Å². The van der Waals surface area contributed by atoms with Crippen LogP contribution in [0, 0.1) is 0 Å². The van der Waals surface area contributed by atoms with Crippen molar-refractivity contribution < 1.29 is 18.9 Å². The van der Waals surface area contributed by atoms with Crippen LogP contribution in [0.1, 0.15) is 0 Å². The van der Waals surface area contributed by atoms with Crippen LogP contribution >= 0.6 is 11.8 Å². The molecular weight excluding hydrogens is 254 g/mol. The van der Waals surface area contributed by atoms with Gasteiger partial charge in [0.15, 0.2) is 0 Å². The molecule has 0 aromatic heterocycles. The lowest BCUT2D eigenvalue weighted by Crippen LogP contribution is -2.17. The van der Waals surface area contributed by atoms with E-state index in [1.165, 1.54) is 0 Å². The molecule has 0 rings (SSSR count). The smallest absolute Gasteiger partial charge is 0.0701 e. The first-order valence-electron chi connectivity index (χ1n) is 6.36. The van der Waals surface area contributed by atoms with Gasteiger partial charge in [0.05, 0.1) is 52.9 Å². The lowest BCUT2D eigenvalue weighted by atomic mass is 10.6. The second-order valence-corrected chi connectivity index (χ2v) is 4.53. The fourth-order valence-electron chi connectivity index (χ4n) is 1.08. The normalized spacial score (nSPS) is 11.0. The molecule has 110 valence electrons. The first-order chi connectivity index (χ1) is 8.91. The van der Waals surface area contributed by atoms with E-state index in [2.05, 4.69) is 11.6 Å². The molecule has 0 saturated heterocycles. The highest BCUT2D eigenvalue weighted by Crippen LogP contribution is 1.90. The molecule has 0 aromatic rings. The molecule has 0 aliphatic heterocycles. The van der Waals surface area contributed by atoms with E-state index in [9.17, 15) is 0 Å². The lowest BCUT2D eigenvalue weighted by molar-refractivity contribution is 0.000259. The third kappa shape index (κ3) is 16.1. The van der Waals surface area contributed by atoms with Crippen LogP contribution in [0.25, 0.3) is 0 Å². The van der Waals surface area contributed by atoms with Gasteiger partial charge in [-0.1, -0.05) is 0 Å². The zero-order valence-electron chi connectivity index (χ0n) is 11.6. The van der Waals surface area contributed by atoms with Crippen LogP contribution in [0.4, 0.5) is 0 Å². The summed E-state index contributed by atoms with van der Waals surface area (Å²) in [6.45, 7) is 6.18. The van der Waals surface area contributed by atoms with E-state index in [-0.39, 0.29) is 0 Å². The minimum Gasteiger partial charge on any atom is -0.378 e. The quantitative estimate of drug-likeness (QED) is 0.445. The van der Waals surface area contributed by atoms with Crippen LogP contribution in [0.2, 0.25) is 0 Å². The van der Waals surface area contributed by atoms with E-state index in [0.29, 0.717) is 39.6 Å². The van der Waals surface area contributed by atoms with Crippen LogP contribution in [0.3, 0.4) is 0 Å². The lowest BCUT2D eigenvalue weighted by Gasteiger charge is -2.07. The molecule has 0 fully saturated rings. The van der Waals surface area contributed by atoms with Gasteiger partial charge in [-0.05, 0) is 13.3 Å². The summed E-state index contributed by atoms with van der Waals surface area (Å²) in [6, 6.07) is 0. The van der Waals surface area contributed by atoms with E-state index in [4.69, 9.17) is 18.9 Å². The van der Waals surface area contributed by atoms with Crippen molar-refractivity contribution in [3.8, 4) is 0 Å². The molecule has 0 heterocycles. The molecule has 6 heteroatoms. The van der Waals surface area contributed by atoms with Gasteiger partial charge < -0.3 is 24.3 Å². The van der Waals surface area contributed by atoms with Crippen molar-refractivity contribution in [2.75, 3.05) is 78.5 Å². The first kappa shape index (κ1) is 18.1. The van der Waals surface area contributed by atoms with Gasteiger partial charge in [-0.25, -0.2) is 0 Å². The zero-order valence-corrected chi connectivity index (χ0v) is 12.4. The summed E-state index contributed by atoms with van der Waals surface area (Å²) in [5.74, 6) is 1.04. The molecule has 0 aromatic carbocycles. The summed E-state index contributed by atoms with van der Waals surface area (Å²) >= 11 is 1.78. The molecule has 0 aliphatic carbocycles. The third-order valence-corrected chi connectivity index (χ3v) is 2.62. The maximum Gasteiger partial charge on any atom is 0.0701 e. The van der Waals surface area contributed by atoms with Crippen molar-refractivity contribution in [2.45, 2.75) is 0 Å². The summed E-state index contributed by atoms with van der Waals surface area (Å²) in [5.41, 5.74) is 0. The molecule has 0 radical (unpaired) electrons. The number of nitrogens with one attached hydrogen (secondary N) is 1. The van der Waals surface area contributed by atoms with Gasteiger partial charge in [-0.3, -0.25) is 0 Å². The number of hydrogen-bond acceptors (Lipinski definition) is 6. The van der Waals surface area contributed by atoms with Gasteiger partial charge in [-0.15, -0.1) is 0 Å². The highest BCUT2D eigenvalue weighted by molar-refractivity contribution is 7.98. The predicted molar refractivity (Wildman–Crippen MR) is 75.6 cm³/mol. The van der Waals surface area contributed by atoms with Crippen molar-refractivity contribution in [3.63, 3.8) is 0 Å². The second-order valence-electron chi connectivity index (χ2n) is 3.55. The summed E-state index contributed by atoms with van der Waals surface area (Å²) < 4.78 is 21.3. The molecule has 0 aliphatic rings. The highest BCUT2D eigenvalue weighted by Gasteiger charge is 1.92. The standard InChI is InChI=1S/C12H27NO4S/c1-13-3-4-14-5-6-15-7-8-16-9-10-17-11-12-18-2/h13H,3-12H2,1-2H3. The Balaban J connectivity index is 2.86. The number of rotatable bonds is 15. The van der Waals surface area contributed by atoms with E-state index >= 15 is 0 Å². The Morgan fingerprint density at radius 1 is 0.722 bits per heavy atom. The summed E-state index contributed by atoms with van der Waals surface area (Å²) in [6.07, 6.45) is 2.07. The maximum atomic E-state index is 5.35. The highest BCUT2D eigenvalue weighted by atomic mass is 32.2. The van der Waals surface area contributed by atoms with Gasteiger partial charge in [0, 0.05) is 12.3 Å². The Kier molecular flexibility index (Phi) is 17.3. The summed E-state index contributed by atoms with van der Waals surface area (Å²) in [7, 11) is 1.90. The molecular formula is C12H27NO4S. The van der Waals surface area contributed by atoms with E-state index < -0.39 is 0 Å². The summed E-state index contributed by atoms with van der Waals surface area (Å²) in [4.78, 5) is 0. The Hall–Kier alpha value is 0.150. The van der Waals surface area contributed by atoms with E-state index in [0.717, 1.165) is 25.5 Å². The molecule has 1 N–H and O–H groups in total. The zero-order chi connectivity index (χ0) is 13.3. The number of likely N-dealkylation sites (N-methyl/N-ethyl adjacent to an activating group) is 1. The van der Waals surface area contributed by atoms with Crippen molar-refractivity contribution in [3.05, 3.63) is 0 Å². The molecule has 0 saturated carbocycles. The average Bonchev–Trinajstić information content (AvgIpc) is 2.39. The Labute approximate surface area is 115 Å². The van der Waals surface area contributed by atoms with Crippen LogP contribution in [-0.2, 0) is 18.9 Å². The number of hydrogen-bond donors (Lipinski definition) is 1. The van der Waals surface area contributed by atoms with Gasteiger partial charge in [0.2, 0.25) is 0 Å². The van der Waals surface area contributed by atoms with Crippen LogP contribution < -0.4 is 5.32 Å². The number of thioether (sulfide) groups is 1.